The van der Waals surface area contributed by atoms with Crippen LogP contribution in [0.5, 0.6) is 5.75 Å². The van der Waals surface area contributed by atoms with Gasteiger partial charge in [0, 0.05) is 42.1 Å². The van der Waals surface area contributed by atoms with Gasteiger partial charge < -0.3 is 14.8 Å². The van der Waals surface area contributed by atoms with E-state index >= 15 is 0 Å². The molecule has 4 aliphatic rings. The van der Waals surface area contributed by atoms with Crippen LogP contribution in [0, 0.1) is 11.3 Å². The zero-order valence-corrected chi connectivity index (χ0v) is 16.0. The maximum atomic E-state index is 6.07. The first-order chi connectivity index (χ1) is 12.8. The Balaban J connectivity index is 1.15. The molecule has 2 saturated heterocycles. The fourth-order valence-corrected chi connectivity index (χ4v) is 6.08. The standard InChI is InChI=1S/C22H32N2O2/c1-25-19-6-3-2-5-16(19)15-24-12-7-17(8-13-24)23-20-18-9-14-26-21(18)22(20)10-4-11-22/h2-3,5-6,17-18,20-21,23H,4,7-15H2,1H3/t18-,20-,21-/m1/s1. The Morgan fingerprint density at radius 1 is 1.19 bits per heavy atom. The van der Waals surface area contributed by atoms with Crippen molar-refractivity contribution < 1.29 is 9.47 Å². The molecule has 1 spiro atoms. The molecular weight excluding hydrogens is 324 g/mol. The number of likely N-dealkylation sites (tertiary alicyclic amines) is 1. The summed E-state index contributed by atoms with van der Waals surface area (Å²) in [6.07, 6.45) is 8.56. The highest BCUT2D eigenvalue weighted by Crippen LogP contribution is 2.63. The van der Waals surface area contributed by atoms with Gasteiger partial charge in [-0.25, -0.2) is 0 Å². The number of hydrogen-bond donors (Lipinski definition) is 1. The maximum Gasteiger partial charge on any atom is 0.123 e. The zero-order valence-electron chi connectivity index (χ0n) is 16.0. The van der Waals surface area contributed by atoms with Crippen LogP contribution in [0.2, 0.25) is 0 Å². The van der Waals surface area contributed by atoms with Crippen LogP contribution in [0.3, 0.4) is 0 Å². The molecule has 0 radical (unpaired) electrons. The number of rotatable bonds is 5. The summed E-state index contributed by atoms with van der Waals surface area (Å²) in [6, 6.07) is 9.84. The third-order valence-electron chi connectivity index (χ3n) is 7.63. The van der Waals surface area contributed by atoms with Crippen LogP contribution in [0.1, 0.15) is 44.1 Å². The average Bonchev–Trinajstić information content (AvgIpc) is 3.05. The van der Waals surface area contributed by atoms with E-state index in [0.29, 0.717) is 17.6 Å². The van der Waals surface area contributed by atoms with Crippen LogP contribution in [0.15, 0.2) is 24.3 Å². The van der Waals surface area contributed by atoms with Gasteiger partial charge in [-0.1, -0.05) is 24.6 Å². The normalized spacial score (nSPS) is 33.5. The summed E-state index contributed by atoms with van der Waals surface area (Å²) in [5, 5.41) is 4.10. The second kappa shape index (κ2) is 6.81. The minimum atomic E-state index is 0.510. The van der Waals surface area contributed by atoms with Crippen LogP contribution in [0.4, 0.5) is 0 Å². The van der Waals surface area contributed by atoms with Gasteiger partial charge in [0.25, 0.3) is 0 Å². The Kier molecular flexibility index (Phi) is 4.46. The molecule has 0 amide bonds. The van der Waals surface area contributed by atoms with E-state index in [-0.39, 0.29) is 0 Å². The molecular formula is C22H32N2O2. The molecule has 2 aliphatic heterocycles. The molecule has 3 atom stereocenters. The molecule has 5 rings (SSSR count). The Labute approximate surface area is 157 Å². The van der Waals surface area contributed by atoms with Gasteiger partial charge in [0.1, 0.15) is 5.75 Å². The monoisotopic (exact) mass is 356 g/mol. The molecule has 142 valence electrons. The fraction of sp³-hybridized carbons (Fsp3) is 0.727. The van der Waals surface area contributed by atoms with E-state index in [9.17, 15) is 0 Å². The number of para-hydroxylation sites is 1. The Morgan fingerprint density at radius 3 is 2.73 bits per heavy atom. The molecule has 1 aromatic rings. The summed E-state index contributed by atoms with van der Waals surface area (Å²) in [5.74, 6) is 1.81. The smallest absolute Gasteiger partial charge is 0.123 e. The fourth-order valence-electron chi connectivity index (χ4n) is 6.08. The molecule has 4 nitrogen and oxygen atoms in total. The van der Waals surface area contributed by atoms with Crippen molar-refractivity contribution in [2.45, 2.75) is 63.3 Å². The van der Waals surface area contributed by atoms with E-state index in [1.165, 1.54) is 57.2 Å². The van der Waals surface area contributed by atoms with Gasteiger partial charge in [0.05, 0.1) is 13.2 Å². The van der Waals surface area contributed by atoms with Crippen molar-refractivity contribution in [3.8, 4) is 5.75 Å². The molecule has 0 aromatic heterocycles. The average molecular weight is 357 g/mol. The van der Waals surface area contributed by atoms with Crippen molar-refractivity contribution >= 4 is 0 Å². The van der Waals surface area contributed by atoms with Crippen molar-refractivity contribution in [3.05, 3.63) is 29.8 Å². The summed E-state index contributed by atoms with van der Waals surface area (Å²) < 4.78 is 11.6. The van der Waals surface area contributed by atoms with Crippen molar-refractivity contribution in [2.75, 3.05) is 26.8 Å². The molecule has 0 unspecified atom stereocenters. The lowest BCUT2D eigenvalue weighted by molar-refractivity contribution is -0.179. The Morgan fingerprint density at radius 2 is 2.00 bits per heavy atom. The van der Waals surface area contributed by atoms with Crippen molar-refractivity contribution in [3.63, 3.8) is 0 Å². The topological polar surface area (TPSA) is 33.7 Å². The Hall–Kier alpha value is -1.10. The lowest BCUT2D eigenvalue weighted by Crippen LogP contribution is -2.72. The SMILES string of the molecule is COc1ccccc1CN1CCC(N[C@@H]2[C@H]3CCO[C@H]3C23CCC3)CC1. The zero-order chi connectivity index (χ0) is 17.6. The number of piperidine rings is 1. The van der Waals surface area contributed by atoms with Gasteiger partial charge in [-0.2, -0.15) is 0 Å². The first kappa shape index (κ1) is 17.0. The van der Waals surface area contributed by atoms with Crippen LogP contribution >= 0.6 is 0 Å². The number of nitrogens with one attached hydrogen (secondary N) is 1. The second-order valence-corrected chi connectivity index (χ2v) is 8.84. The highest BCUT2D eigenvalue weighted by Gasteiger charge is 2.66. The number of ether oxygens (including phenoxy) is 2. The highest BCUT2D eigenvalue weighted by molar-refractivity contribution is 5.33. The van der Waals surface area contributed by atoms with E-state index in [1.54, 1.807) is 7.11 Å². The van der Waals surface area contributed by atoms with Gasteiger partial charge in [-0.05, 0) is 51.3 Å². The third-order valence-corrected chi connectivity index (χ3v) is 7.63. The third kappa shape index (κ3) is 2.69. The van der Waals surface area contributed by atoms with Crippen molar-refractivity contribution in [2.24, 2.45) is 11.3 Å². The maximum absolute atomic E-state index is 6.07. The highest BCUT2D eigenvalue weighted by atomic mass is 16.5. The minimum absolute atomic E-state index is 0.510. The largest absolute Gasteiger partial charge is 0.496 e. The van der Waals surface area contributed by atoms with Crippen LogP contribution in [-0.2, 0) is 11.3 Å². The number of nitrogens with zero attached hydrogens (tertiary/aromatic N) is 1. The summed E-state index contributed by atoms with van der Waals surface area (Å²) in [6.45, 7) is 4.36. The molecule has 1 aromatic carbocycles. The van der Waals surface area contributed by atoms with E-state index in [4.69, 9.17) is 9.47 Å². The van der Waals surface area contributed by atoms with Crippen LogP contribution < -0.4 is 10.1 Å². The van der Waals surface area contributed by atoms with Gasteiger partial charge in [-0.3, -0.25) is 4.90 Å². The number of hydrogen-bond acceptors (Lipinski definition) is 4. The van der Waals surface area contributed by atoms with Gasteiger partial charge in [0.15, 0.2) is 0 Å². The second-order valence-electron chi connectivity index (χ2n) is 8.84. The van der Waals surface area contributed by atoms with Crippen molar-refractivity contribution in [1.82, 2.24) is 10.2 Å². The summed E-state index contributed by atoms with van der Waals surface area (Å²) in [4.78, 5) is 2.58. The summed E-state index contributed by atoms with van der Waals surface area (Å²) in [7, 11) is 1.77. The molecule has 4 fully saturated rings. The van der Waals surface area contributed by atoms with E-state index in [2.05, 4.69) is 28.4 Å². The van der Waals surface area contributed by atoms with Gasteiger partial charge in [-0.15, -0.1) is 0 Å². The number of methoxy groups -OCH3 is 1. The first-order valence-corrected chi connectivity index (χ1v) is 10.5. The van der Waals surface area contributed by atoms with Crippen LogP contribution in [0.25, 0.3) is 0 Å². The van der Waals surface area contributed by atoms with E-state index in [1.807, 2.05) is 6.07 Å². The quantitative estimate of drug-likeness (QED) is 0.878. The first-order valence-electron chi connectivity index (χ1n) is 10.5. The van der Waals surface area contributed by atoms with Gasteiger partial charge in [0.2, 0.25) is 0 Å². The summed E-state index contributed by atoms with van der Waals surface area (Å²) >= 11 is 0. The predicted octanol–water partition coefficient (Wildman–Crippen LogP) is 3.21. The molecule has 0 bridgehead atoms. The number of benzene rings is 1. The van der Waals surface area contributed by atoms with Gasteiger partial charge >= 0.3 is 0 Å². The predicted molar refractivity (Wildman–Crippen MR) is 102 cm³/mol. The van der Waals surface area contributed by atoms with E-state index in [0.717, 1.165) is 30.9 Å². The molecule has 2 aliphatic carbocycles. The number of fused-ring (bicyclic) bond motifs is 2. The lowest BCUT2D eigenvalue weighted by Gasteiger charge is -2.64. The molecule has 26 heavy (non-hydrogen) atoms. The summed E-state index contributed by atoms with van der Waals surface area (Å²) in [5.41, 5.74) is 1.81. The Bertz CT molecular complexity index is 637. The van der Waals surface area contributed by atoms with Crippen LogP contribution in [-0.4, -0.2) is 49.9 Å². The minimum Gasteiger partial charge on any atom is -0.496 e. The van der Waals surface area contributed by atoms with E-state index < -0.39 is 0 Å². The molecule has 1 N–H and O–H groups in total. The molecule has 4 heteroatoms. The molecule has 2 saturated carbocycles. The van der Waals surface area contributed by atoms with Crippen molar-refractivity contribution in [1.29, 1.82) is 0 Å². The lowest BCUT2D eigenvalue weighted by atomic mass is 9.46. The molecule has 2 heterocycles.